The lowest BCUT2D eigenvalue weighted by Gasteiger charge is -2.07. The summed E-state index contributed by atoms with van der Waals surface area (Å²) in [5.41, 5.74) is -0.0505. The van der Waals surface area contributed by atoms with E-state index >= 15 is 0 Å². The maximum atomic E-state index is 13.4. The van der Waals surface area contributed by atoms with Crippen molar-refractivity contribution in [1.82, 2.24) is 4.72 Å². The quantitative estimate of drug-likeness (QED) is 0.942. The van der Waals surface area contributed by atoms with E-state index in [2.05, 4.69) is 0 Å². The molecule has 4 nitrogen and oxygen atoms in total. The van der Waals surface area contributed by atoms with Gasteiger partial charge in [-0.05, 0) is 17.7 Å². The van der Waals surface area contributed by atoms with Crippen LogP contribution in [-0.2, 0) is 15.8 Å². The molecule has 0 atom stereocenters. The molecule has 0 fully saturated rings. The highest BCUT2D eigenvalue weighted by Gasteiger charge is 2.19. The second kappa shape index (κ2) is 6.01. The van der Waals surface area contributed by atoms with Crippen molar-refractivity contribution in [2.24, 2.45) is 0 Å². The van der Waals surface area contributed by atoms with Crippen molar-refractivity contribution in [3.8, 4) is 0 Å². The lowest BCUT2D eigenvalue weighted by molar-refractivity contribution is 0.0977. The van der Waals surface area contributed by atoms with Crippen molar-refractivity contribution in [1.29, 1.82) is 0 Å². The number of halogens is 2. The summed E-state index contributed by atoms with van der Waals surface area (Å²) >= 11 is 0. The molecular weight excluding hydrogens is 300 g/mol. The second-order valence-electron chi connectivity index (χ2n) is 4.30. The van der Waals surface area contributed by atoms with Crippen LogP contribution in [0.2, 0.25) is 0 Å². The zero-order valence-corrected chi connectivity index (χ0v) is 11.5. The van der Waals surface area contributed by atoms with E-state index in [-0.39, 0.29) is 0 Å². The van der Waals surface area contributed by atoms with E-state index in [0.29, 0.717) is 11.6 Å². The van der Waals surface area contributed by atoms with Gasteiger partial charge in [-0.15, -0.1) is 0 Å². The zero-order valence-electron chi connectivity index (χ0n) is 10.7. The minimum absolute atomic E-state index is 0.414. The van der Waals surface area contributed by atoms with E-state index < -0.39 is 38.9 Å². The average molecular weight is 311 g/mol. The molecule has 1 N–H and O–H groups in total. The number of carbonyl (C=O) groups is 1. The lowest BCUT2D eigenvalue weighted by atomic mass is 10.2. The molecule has 7 heteroatoms. The maximum absolute atomic E-state index is 13.4. The fourth-order valence-corrected chi connectivity index (χ4v) is 2.80. The number of hydrogen-bond acceptors (Lipinski definition) is 3. The van der Waals surface area contributed by atoms with Crippen LogP contribution in [-0.4, -0.2) is 14.3 Å². The van der Waals surface area contributed by atoms with Crippen LogP contribution in [0.3, 0.4) is 0 Å². The first-order chi connectivity index (χ1) is 9.87. The number of rotatable bonds is 4. The van der Waals surface area contributed by atoms with E-state index in [1.807, 2.05) is 0 Å². The van der Waals surface area contributed by atoms with Gasteiger partial charge in [-0.3, -0.25) is 4.79 Å². The predicted molar refractivity (Wildman–Crippen MR) is 72.9 cm³/mol. The van der Waals surface area contributed by atoms with E-state index in [1.54, 1.807) is 35.1 Å². The lowest BCUT2D eigenvalue weighted by Crippen LogP contribution is -2.32. The van der Waals surface area contributed by atoms with Gasteiger partial charge in [-0.2, -0.15) is 0 Å². The highest BCUT2D eigenvalue weighted by Crippen LogP contribution is 2.11. The van der Waals surface area contributed by atoms with Crippen molar-refractivity contribution < 1.29 is 22.0 Å². The molecule has 0 aliphatic carbocycles. The average Bonchev–Trinajstić information content (AvgIpc) is 2.38. The van der Waals surface area contributed by atoms with Gasteiger partial charge in [0, 0.05) is 6.07 Å². The molecule has 0 unspecified atom stereocenters. The molecule has 0 saturated carbocycles. The van der Waals surface area contributed by atoms with Gasteiger partial charge in [0.25, 0.3) is 5.91 Å². The topological polar surface area (TPSA) is 63.2 Å². The number of nitrogens with one attached hydrogen (secondary N) is 1. The van der Waals surface area contributed by atoms with E-state index in [0.717, 1.165) is 12.1 Å². The van der Waals surface area contributed by atoms with Crippen LogP contribution in [0.1, 0.15) is 15.9 Å². The fraction of sp³-hybridized carbons (Fsp3) is 0.0714. The Bertz CT molecular complexity index is 761. The summed E-state index contributed by atoms with van der Waals surface area (Å²) in [6, 6.07) is 10.5. The highest BCUT2D eigenvalue weighted by molar-refractivity contribution is 7.89. The number of benzene rings is 2. The molecular formula is C14H11F2NO3S. The Kier molecular flexibility index (Phi) is 4.32. The molecule has 110 valence electrons. The maximum Gasteiger partial charge on any atom is 0.267 e. The molecule has 0 saturated heterocycles. The normalized spacial score (nSPS) is 11.1. The molecule has 0 bridgehead atoms. The first-order valence-electron chi connectivity index (χ1n) is 5.91. The molecule has 2 aromatic carbocycles. The molecule has 0 aromatic heterocycles. The van der Waals surface area contributed by atoms with Crippen molar-refractivity contribution in [2.75, 3.05) is 0 Å². The summed E-state index contributed by atoms with van der Waals surface area (Å²) in [6.45, 7) is 0. The first kappa shape index (κ1) is 15.1. The Balaban J connectivity index is 2.15. The van der Waals surface area contributed by atoms with Crippen LogP contribution in [0.4, 0.5) is 8.78 Å². The number of hydrogen-bond donors (Lipinski definition) is 1. The molecule has 0 aliphatic heterocycles. The monoisotopic (exact) mass is 311 g/mol. The third-order valence-corrected chi connectivity index (χ3v) is 3.83. The third kappa shape index (κ3) is 4.09. The summed E-state index contributed by atoms with van der Waals surface area (Å²) in [6.07, 6.45) is 0. The molecule has 21 heavy (non-hydrogen) atoms. The van der Waals surface area contributed by atoms with Gasteiger partial charge in [0.05, 0.1) is 11.3 Å². The predicted octanol–water partition coefficient (Wildman–Crippen LogP) is 2.22. The molecule has 0 aliphatic rings. The molecule has 2 aromatic rings. The van der Waals surface area contributed by atoms with Crippen LogP contribution in [0, 0.1) is 11.6 Å². The molecule has 0 radical (unpaired) electrons. The van der Waals surface area contributed by atoms with Crippen LogP contribution in [0.5, 0.6) is 0 Å². The van der Waals surface area contributed by atoms with Gasteiger partial charge in [-0.1, -0.05) is 30.3 Å². The molecule has 1 amide bonds. The van der Waals surface area contributed by atoms with E-state index in [4.69, 9.17) is 0 Å². The van der Waals surface area contributed by atoms with Gasteiger partial charge < -0.3 is 0 Å². The number of amides is 1. The largest absolute Gasteiger partial charge is 0.268 e. The second-order valence-corrected chi connectivity index (χ2v) is 6.02. The van der Waals surface area contributed by atoms with E-state index in [1.165, 1.54) is 0 Å². The summed E-state index contributed by atoms with van der Waals surface area (Å²) in [5.74, 6) is -3.52. The Labute approximate surface area is 120 Å². The molecule has 0 spiro atoms. The van der Waals surface area contributed by atoms with Gasteiger partial charge in [0.2, 0.25) is 10.0 Å². The van der Waals surface area contributed by atoms with Crippen LogP contribution >= 0.6 is 0 Å². The fourth-order valence-electron chi connectivity index (χ4n) is 1.70. The Morgan fingerprint density at radius 3 is 2.33 bits per heavy atom. The third-order valence-electron chi connectivity index (χ3n) is 2.62. The Morgan fingerprint density at radius 1 is 1.05 bits per heavy atom. The highest BCUT2D eigenvalue weighted by atomic mass is 32.2. The van der Waals surface area contributed by atoms with Gasteiger partial charge in [0.15, 0.2) is 0 Å². The van der Waals surface area contributed by atoms with Gasteiger partial charge >= 0.3 is 0 Å². The van der Waals surface area contributed by atoms with Crippen LogP contribution in [0.15, 0.2) is 48.5 Å². The van der Waals surface area contributed by atoms with Gasteiger partial charge in [0.1, 0.15) is 11.6 Å². The first-order valence-corrected chi connectivity index (χ1v) is 7.56. The Hall–Kier alpha value is -2.28. The summed E-state index contributed by atoms with van der Waals surface area (Å²) < 4.78 is 51.6. The summed E-state index contributed by atoms with van der Waals surface area (Å²) in [4.78, 5) is 11.7. The minimum atomic E-state index is -3.97. The van der Waals surface area contributed by atoms with Crippen molar-refractivity contribution in [3.63, 3.8) is 0 Å². The Morgan fingerprint density at radius 2 is 1.71 bits per heavy atom. The van der Waals surface area contributed by atoms with Crippen LogP contribution < -0.4 is 4.72 Å². The van der Waals surface area contributed by atoms with Crippen molar-refractivity contribution in [2.45, 2.75) is 5.75 Å². The molecule has 2 rings (SSSR count). The number of sulfonamides is 1. The van der Waals surface area contributed by atoms with Gasteiger partial charge in [-0.25, -0.2) is 21.9 Å². The summed E-state index contributed by atoms with van der Waals surface area (Å²) in [5, 5.41) is 0. The minimum Gasteiger partial charge on any atom is -0.268 e. The van der Waals surface area contributed by atoms with Crippen LogP contribution in [0.25, 0.3) is 0 Å². The van der Waals surface area contributed by atoms with E-state index in [9.17, 15) is 22.0 Å². The SMILES string of the molecule is O=C(NS(=O)(=O)Cc1ccccc1)c1ccc(F)cc1F. The standard InChI is InChI=1S/C14H11F2NO3S/c15-11-6-7-12(13(16)8-11)14(18)17-21(19,20)9-10-4-2-1-3-5-10/h1-8H,9H2,(H,17,18). The van der Waals surface area contributed by atoms with Crippen molar-refractivity contribution in [3.05, 3.63) is 71.3 Å². The number of carbonyl (C=O) groups excluding carboxylic acids is 1. The smallest absolute Gasteiger partial charge is 0.267 e. The molecule has 0 heterocycles. The zero-order chi connectivity index (χ0) is 15.5. The van der Waals surface area contributed by atoms with Crippen molar-refractivity contribution >= 4 is 15.9 Å². The summed E-state index contributed by atoms with van der Waals surface area (Å²) in [7, 11) is -3.97.